The summed E-state index contributed by atoms with van der Waals surface area (Å²) in [6.07, 6.45) is 2.27. The van der Waals surface area contributed by atoms with Gasteiger partial charge in [0.15, 0.2) is 0 Å². The van der Waals surface area contributed by atoms with Crippen LogP contribution in [0.15, 0.2) is 30.5 Å². The van der Waals surface area contributed by atoms with Crippen molar-refractivity contribution in [2.45, 2.75) is 26.2 Å². The molecule has 0 spiro atoms. The van der Waals surface area contributed by atoms with Crippen molar-refractivity contribution in [3.8, 4) is 0 Å². The standard InChI is InChI=1S/C16H20N4O/c1-3-20(4-2)12-7-5-11(6-8-12)13-9-15(21)18-16-14(13)10-17-19-16/h5-8,10,13H,3-4,9H2,1-2H3,(H2,17,18,19,21). The Morgan fingerprint density at radius 1 is 1.24 bits per heavy atom. The topological polar surface area (TPSA) is 61.0 Å². The molecule has 2 heterocycles. The molecule has 1 atom stereocenters. The van der Waals surface area contributed by atoms with Crippen LogP contribution in [0.2, 0.25) is 0 Å². The monoisotopic (exact) mass is 284 g/mol. The van der Waals surface area contributed by atoms with Crippen LogP contribution in [0.4, 0.5) is 11.5 Å². The maximum atomic E-state index is 11.8. The molecule has 5 nitrogen and oxygen atoms in total. The lowest BCUT2D eigenvalue weighted by Gasteiger charge is -2.24. The van der Waals surface area contributed by atoms with Crippen LogP contribution < -0.4 is 10.2 Å². The van der Waals surface area contributed by atoms with Crippen molar-refractivity contribution in [2.75, 3.05) is 23.3 Å². The molecule has 0 bridgehead atoms. The molecule has 1 aliphatic heterocycles. The maximum absolute atomic E-state index is 11.8. The van der Waals surface area contributed by atoms with E-state index in [1.807, 2.05) is 0 Å². The van der Waals surface area contributed by atoms with Crippen LogP contribution in [-0.2, 0) is 4.79 Å². The van der Waals surface area contributed by atoms with Crippen molar-refractivity contribution < 1.29 is 4.79 Å². The van der Waals surface area contributed by atoms with E-state index in [-0.39, 0.29) is 11.8 Å². The fourth-order valence-electron chi connectivity index (χ4n) is 2.95. The average molecular weight is 284 g/mol. The van der Waals surface area contributed by atoms with Crippen LogP contribution in [0.25, 0.3) is 0 Å². The Balaban J connectivity index is 1.90. The second kappa shape index (κ2) is 5.60. The number of hydrogen-bond acceptors (Lipinski definition) is 3. The number of H-pyrrole nitrogens is 1. The van der Waals surface area contributed by atoms with Crippen molar-refractivity contribution in [1.82, 2.24) is 10.2 Å². The molecule has 1 aromatic carbocycles. The van der Waals surface area contributed by atoms with E-state index in [0.717, 1.165) is 30.0 Å². The molecular formula is C16H20N4O. The number of anilines is 2. The normalized spacial score (nSPS) is 17.2. The highest BCUT2D eigenvalue weighted by atomic mass is 16.1. The fraction of sp³-hybridized carbons (Fsp3) is 0.375. The summed E-state index contributed by atoms with van der Waals surface area (Å²) in [5.74, 6) is 0.840. The Hall–Kier alpha value is -2.30. The van der Waals surface area contributed by atoms with Crippen LogP contribution in [0, 0.1) is 0 Å². The molecule has 3 rings (SSSR count). The Bertz CT molecular complexity index is 628. The molecule has 2 aromatic rings. The van der Waals surface area contributed by atoms with Gasteiger partial charge in [0.2, 0.25) is 5.91 Å². The predicted molar refractivity (Wildman–Crippen MR) is 83.7 cm³/mol. The summed E-state index contributed by atoms with van der Waals surface area (Å²) in [6, 6.07) is 8.50. The molecule has 2 N–H and O–H groups in total. The molecule has 21 heavy (non-hydrogen) atoms. The van der Waals surface area contributed by atoms with Gasteiger partial charge in [-0.05, 0) is 31.5 Å². The van der Waals surface area contributed by atoms with E-state index in [1.165, 1.54) is 5.69 Å². The van der Waals surface area contributed by atoms with Crippen molar-refractivity contribution in [2.24, 2.45) is 0 Å². The molecule has 0 radical (unpaired) electrons. The lowest BCUT2D eigenvalue weighted by Crippen LogP contribution is -2.23. The Labute approximate surface area is 124 Å². The van der Waals surface area contributed by atoms with E-state index in [9.17, 15) is 4.79 Å². The number of amides is 1. The largest absolute Gasteiger partial charge is 0.372 e. The first kappa shape index (κ1) is 13.7. The zero-order valence-electron chi connectivity index (χ0n) is 12.4. The third-order valence-corrected chi connectivity index (χ3v) is 4.12. The second-order valence-electron chi connectivity index (χ2n) is 5.27. The van der Waals surface area contributed by atoms with E-state index in [1.54, 1.807) is 6.20 Å². The summed E-state index contributed by atoms with van der Waals surface area (Å²) in [5, 5.41) is 9.71. The van der Waals surface area contributed by atoms with Crippen LogP contribution in [0.1, 0.15) is 37.3 Å². The third-order valence-electron chi connectivity index (χ3n) is 4.12. The SMILES string of the molecule is CCN(CC)c1ccc(C2CC(=O)Nc3[nH]ncc32)cc1. The summed E-state index contributed by atoms with van der Waals surface area (Å²) in [4.78, 5) is 14.1. The highest BCUT2D eigenvalue weighted by Crippen LogP contribution is 2.36. The number of nitrogens with one attached hydrogen (secondary N) is 2. The lowest BCUT2D eigenvalue weighted by atomic mass is 9.87. The fourth-order valence-corrected chi connectivity index (χ4v) is 2.95. The Morgan fingerprint density at radius 3 is 2.62 bits per heavy atom. The molecular weight excluding hydrogens is 264 g/mol. The van der Waals surface area contributed by atoms with E-state index < -0.39 is 0 Å². The number of hydrogen-bond donors (Lipinski definition) is 2. The van der Waals surface area contributed by atoms with E-state index in [4.69, 9.17) is 0 Å². The molecule has 0 aliphatic carbocycles. The number of rotatable bonds is 4. The van der Waals surface area contributed by atoms with Gasteiger partial charge in [-0.15, -0.1) is 0 Å². The van der Waals surface area contributed by atoms with E-state index in [2.05, 4.69) is 58.5 Å². The van der Waals surface area contributed by atoms with Crippen molar-refractivity contribution in [3.63, 3.8) is 0 Å². The molecule has 110 valence electrons. The maximum Gasteiger partial charge on any atom is 0.226 e. The summed E-state index contributed by atoms with van der Waals surface area (Å²) in [7, 11) is 0. The van der Waals surface area contributed by atoms with Crippen molar-refractivity contribution >= 4 is 17.4 Å². The van der Waals surface area contributed by atoms with Gasteiger partial charge in [0.25, 0.3) is 0 Å². The van der Waals surface area contributed by atoms with Crippen LogP contribution in [0.5, 0.6) is 0 Å². The molecule has 1 aliphatic rings. The summed E-state index contributed by atoms with van der Waals surface area (Å²) < 4.78 is 0. The van der Waals surface area contributed by atoms with Gasteiger partial charge in [0.1, 0.15) is 5.82 Å². The minimum Gasteiger partial charge on any atom is -0.372 e. The average Bonchev–Trinajstić information content (AvgIpc) is 2.96. The first-order chi connectivity index (χ1) is 10.2. The van der Waals surface area contributed by atoms with E-state index in [0.29, 0.717) is 6.42 Å². The van der Waals surface area contributed by atoms with Gasteiger partial charge >= 0.3 is 0 Å². The van der Waals surface area contributed by atoms with Crippen molar-refractivity contribution in [3.05, 3.63) is 41.6 Å². The summed E-state index contributed by atoms with van der Waals surface area (Å²) in [5.41, 5.74) is 3.44. The summed E-state index contributed by atoms with van der Waals surface area (Å²) >= 11 is 0. The van der Waals surface area contributed by atoms with Gasteiger partial charge in [-0.1, -0.05) is 12.1 Å². The minimum atomic E-state index is 0.0320. The number of carbonyl (C=O) groups excluding carboxylic acids is 1. The predicted octanol–water partition coefficient (Wildman–Crippen LogP) is 2.73. The lowest BCUT2D eigenvalue weighted by molar-refractivity contribution is -0.116. The summed E-state index contributed by atoms with van der Waals surface area (Å²) in [6.45, 7) is 6.29. The van der Waals surface area contributed by atoms with Crippen LogP contribution in [-0.4, -0.2) is 29.2 Å². The Kier molecular flexibility index (Phi) is 3.64. The second-order valence-corrected chi connectivity index (χ2v) is 5.27. The van der Waals surface area contributed by atoms with Crippen LogP contribution in [0.3, 0.4) is 0 Å². The van der Waals surface area contributed by atoms with Gasteiger partial charge < -0.3 is 10.2 Å². The first-order valence-corrected chi connectivity index (χ1v) is 7.41. The van der Waals surface area contributed by atoms with Gasteiger partial charge in [-0.25, -0.2) is 0 Å². The molecule has 5 heteroatoms. The van der Waals surface area contributed by atoms with Crippen molar-refractivity contribution in [1.29, 1.82) is 0 Å². The zero-order chi connectivity index (χ0) is 14.8. The smallest absolute Gasteiger partial charge is 0.226 e. The number of benzene rings is 1. The third kappa shape index (κ3) is 2.51. The van der Waals surface area contributed by atoms with E-state index >= 15 is 0 Å². The quantitative estimate of drug-likeness (QED) is 0.907. The highest BCUT2D eigenvalue weighted by Gasteiger charge is 2.27. The number of carbonyl (C=O) groups is 1. The Morgan fingerprint density at radius 2 is 1.95 bits per heavy atom. The molecule has 1 amide bonds. The molecule has 1 aromatic heterocycles. The number of nitrogens with zero attached hydrogens (tertiary/aromatic N) is 2. The highest BCUT2D eigenvalue weighted by molar-refractivity contribution is 5.94. The van der Waals surface area contributed by atoms with Gasteiger partial charge in [0, 0.05) is 36.7 Å². The number of aromatic amines is 1. The minimum absolute atomic E-state index is 0.0320. The van der Waals surface area contributed by atoms with Crippen LogP contribution >= 0.6 is 0 Å². The number of fused-ring (bicyclic) bond motifs is 1. The molecule has 0 saturated carbocycles. The number of aromatic nitrogens is 2. The molecule has 0 saturated heterocycles. The van der Waals surface area contributed by atoms with Gasteiger partial charge in [0.05, 0.1) is 6.20 Å². The van der Waals surface area contributed by atoms with Gasteiger partial charge in [-0.2, -0.15) is 5.10 Å². The zero-order valence-corrected chi connectivity index (χ0v) is 12.4. The molecule has 0 fully saturated rings. The first-order valence-electron chi connectivity index (χ1n) is 7.41. The molecule has 1 unspecified atom stereocenters. The van der Waals surface area contributed by atoms with Gasteiger partial charge in [-0.3, -0.25) is 9.89 Å².